The van der Waals surface area contributed by atoms with Gasteiger partial charge in [0.05, 0.1) is 0 Å². The van der Waals surface area contributed by atoms with Gasteiger partial charge in [0.2, 0.25) is 5.89 Å². The number of rotatable bonds is 2. The van der Waals surface area contributed by atoms with Crippen LogP contribution in [-0.4, -0.2) is 21.3 Å². The fraction of sp³-hybridized carbons (Fsp3) is 0.400. The zero-order valence-corrected chi connectivity index (χ0v) is 6.00. The molecule has 1 heterocycles. The van der Waals surface area contributed by atoms with Gasteiger partial charge in [0.1, 0.15) is 6.42 Å². The second-order valence-corrected chi connectivity index (χ2v) is 2.07. The molecule has 0 spiro atoms. The summed E-state index contributed by atoms with van der Waals surface area (Å²) in [5.74, 6) is -3.44. The largest absolute Gasteiger partial charge is 0.481 e. The molecule has 0 aliphatic rings. The third kappa shape index (κ3) is 2.42. The van der Waals surface area contributed by atoms with Gasteiger partial charge in [-0.05, 0) is 0 Å². The summed E-state index contributed by atoms with van der Waals surface area (Å²) in [6.07, 6.45) is -5.45. The molecule has 0 radical (unpaired) electrons. The Bertz CT molecular complexity index is 319. The normalized spacial score (nSPS) is 11.6. The highest BCUT2D eigenvalue weighted by molar-refractivity contribution is 5.68. The Labute approximate surface area is 69.2 Å². The molecular weight excluding hydrogens is 193 g/mol. The van der Waals surface area contributed by atoms with Crippen molar-refractivity contribution in [3.05, 3.63) is 11.8 Å². The smallest absolute Gasteiger partial charge is 0.470 e. The second-order valence-electron chi connectivity index (χ2n) is 2.07. The number of aliphatic carboxylic acids is 1. The number of nitrogens with zero attached hydrogens (tertiary/aromatic N) is 2. The summed E-state index contributed by atoms with van der Waals surface area (Å²) in [6, 6.07) is 0. The van der Waals surface area contributed by atoms with E-state index in [1.54, 1.807) is 0 Å². The number of aromatic nitrogens is 2. The zero-order valence-electron chi connectivity index (χ0n) is 6.00. The van der Waals surface area contributed by atoms with Crippen molar-refractivity contribution < 1.29 is 27.5 Å². The van der Waals surface area contributed by atoms with Crippen LogP contribution in [0, 0.1) is 0 Å². The topological polar surface area (TPSA) is 76.2 Å². The Morgan fingerprint density at radius 3 is 2.46 bits per heavy atom. The molecule has 0 aliphatic heterocycles. The van der Waals surface area contributed by atoms with Crippen LogP contribution in [0.3, 0.4) is 0 Å². The van der Waals surface area contributed by atoms with Crippen LogP contribution in [0.15, 0.2) is 4.42 Å². The zero-order chi connectivity index (χ0) is 10.1. The molecule has 72 valence electrons. The lowest BCUT2D eigenvalue weighted by Gasteiger charge is -1.96. The number of carbonyl (C=O) groups is 1. The highest BCUT2D eigenvalue weighted by Gasteiger charge is 2.38. The van der Waals surface area contributed by atoms with Gasteiger partial charge in [0, 0.05) is 0 Å². The summed E-state index contributed by atoms with van der Waals surface area (Å²) in [6.45, 7) is 0. The Morgan fingerprint density at radius 1 is 1.46 bits per heavy atom. The van der Waals surface area contributed by atoms with Gasteiger partial charge in [-0.3, -0.25) is 4.79 Å². The Hall–Kier alpha value is -1.60. The van der Waals surface area contributed by atoms with Crippen molar-refractivity contribution in [2.75, 3.05) is 0 Å². The molecular formula is C5H3F3N2O3. The lowest BCUT2D eigenvalue weighted by atomic mass is 10.4. The Balaban J connectivity index is 2.81. The van der Waals surface area contributed by atoms with Crippen molar-refractivity contribution in [1.82, 2.24) is 10.2 Å². The highest BCUT2D eigenvalue weighted by atomic mass is 19.4. The third-order valence-corrected chi connectivity index (χ3v) is 1.01. The lowest BCUT2D eigenvalue weighted by molar-refractivity contribution is -0.158. The quantitative estimate of drug-likeness (QED) is 0.753. The molecule has 1 N–H and O–H groups in total. The van der Waals surface area contributed by atoms with Crippen LogP contribution in [0.4, 0.5) is 13.2 Å². The second kappa shape index (κ2) is 3.04. The first kappa shape index (κ1) is 9.49. The van der Waals surface area contributed by atoms with Crippen molar-refractivity contribution in [2.45, 2.75) is 12.6 Å². The molecule has 0 saturated heterocycles. The minimum absolute atomic E-state index is 0.570. The summed E-state index contributed by atoms with van der Waals surface area (Å²) >= 11 is 0. The number of halogens is 3. The van der Waals surface area contributed by atoms with Gasteiger partial charge in [-0.1, -0.05) is 0 Å². The van der Waals surface area contributed by atoms with Gasteiger partial charge < -0.3 is 9.52 Å². The summed E-state index contributed by atoms with van der Waals surface area (Å²) in [4.78, 5) is 10.0. The molecule has 0 bridgehead atoms. The number of alkyl halides is 3. The number of carboxylic acids is 1. The predicted octanol–water partition coefficient (Wildman–Crippen LogP) is 0.715. The predicted molar refractivity (Wildman–Crippen MR) is 30.6 cm³/mol. The molecule has 13 heavy (non-hydrogen) atoms. The van der Waals surface area contributed by atoms with Crippen LogP contribution in [0.5, 0.6) is 0 Å². The number of hydrogen-bond acceptors (Lipinski definition) is 4. The minimum Gasteiger partial charge on any atom is -0.481 e. The van der Waals surface area contributed by atoms with Gasteiger partial charge in [-0.15, -0.1) is 10.2 Å². The van der Waals surface area contributed by atoms with Crippen molar-refractivity contribution in [3.63, 3.8) is 0 Å². The third-order valence-electron chi connectivity index (χ3n) is 1.01. The van der Waals surface area contributed by atoms with E-state index in [-0.39, 0.29) is 0 Å². The van der Waals surface area contributed by atoms with E-state index in [2.05, 4.69) is 14.6 Å². The van der Waals surface area contributed by atoms with Crippen LogP contribution < -0.4 is 0 Å². The van der Waals surface area contributed by atoms with E-state index in [0.29, 0.717) is 0 Å². The Morgan fingerprint density at radius 2 is 2.08 bits per heavy atom. The van der Waals surface area contributed by atoms with E-state index in [1.807, 2.05) is 0 Å². The maximum absolute atomic E-state index is 11.8. The molecule has 0 saturated carbocycles. The molecule has 1 rings (SSSR count). The maximum Gasteiger partial charge on any atom is 0.470 e. The van der Waals surface area contributed by atoms with Gasteiger partial charge >= 0.3 is 18.0 Å². The summed E-state index contributed by atoms with van der Waals surface area (Å²) in [5, 5.41) is 13.7. The molecule has 0 amide bonds. The van der Waals surface area contributed by atoms with E-state index in [4.69, 9.17) is 5.11 Å². The van der Waals surface area contributed by atoms with E-state index in [1.165, 1.54) is 0 Å². The first-order valence-electron chi connectivity index (χ1n) is 3.01. The van der Waals surface area contributed by atoms with E-state index < -0.39 is 30.3 Å². The van der Waals surface area contributed by atoms with Crippen molar-refractivity contribution in [1.29, 1.82) is 0 Å². The fourth-order valence-corrected chi connectivity index (χ4v) is 0.569. The minimum atomic E-state index is -4.73. The molecule has 0 unspecified atom stereocenters. The molecule has 0 aromatic carbocycles. The van der Waals surface area contributed by atoms with Crippen LogP contribution in [0.1, 0.15) is 11.8 Å². The average molecular weight is 196 g/mol. The summed E-state index contributed by atoms with van der Waals surface area (Å²) in [5.41, 5.74) is 0. The molecule has 5 nitrogen and oxygen atoms in total. The van der Waals surface area contributed by atoms with Crippen molar-refractivity contribution in [2.24, 2.45) is 0 Å². The first-order chi connectivity index (χ1) is 5.89. The SMILES string of the molecule is O=C(O)Cc1nnc(C(F)(F)F)o1. The maximum atomic E-state index is 11.8. The van der Waals surface area contributed by atoms with Gasteiger partial charge in [-0.2, -0.15) is 13.2 Å². The standard InChI is InChI=1S/C5H3F3N2O3/c6-5(7,8)4-10-9-2(13-4)1-3(11)12/h1H2,(H,11,12). The number of carboxylic acid groups (broad SMARTS) is 1. The molecule has 1 aromatic rings. The highest BCUT2D eigenvalue weighted by Crippen LogP contribution is 2.27. The van der Waals surface area contributed by atoms with Gasteiger partial charge in [0.25, 0.3) is 0 Å². The fourth-order valence-electron chi connectivity index (χ4n) is 0.569. The average Bonchev–Trinajstić information content (AvgIpc) is 2.32. The molecule has 8 heteroatoms. The van der Waals surface area contributed by atoms with Crippen LogP contribution in [0.2, 0.25) is 0 Å². The molecule has 0 fully saturated rings. The van der Waals surface area contributed by atoms with Crippen molar-refractivity contribution in [3.8, 4) is 0 Å². The summed E-state index contributed by atoms with van der Waals surface area (Å²) in [7, 11) is 0. The van der Waals surface area contributed by atoms with Crippen LogP contribution >= 0.6 is 0 Å². The van der Waals surface area contributed by atoms with Crippen LogP contribution in [0.25, 0.3) is 0 Å². The number of hydrogen-bond donors (Lipinski definition) is 1. The van der Waals surface area contributed by atoms with E-state index in [9.17, 15) is 18.0 Å². The van der Waals surface area contributed by atoms with E-state index >= 15 is 0 Å². The van der Waals surface area contributed by atoms with Gasteiger partial charge in [0.15, 0.2) is 0 Å². The molecule has 0 atom stereocenters. The summed E-state index contributed by atoms with van der Waals surface area (Å²) < 4.78 is 39.4. The molecule has 1 aromatic heterocycles. The Kier molecular flexibility index (Phi) is 2.22. The van der Waals surface area contributed by atoms with Crippen molar-refractivity contribution >= 4 is 5.97 Å². The van der Waals surface area contributed by atoms with Gasteiger partial charge in [-0.25, -0.2) is 0 Å². The van der Waals surface area contributed by atoms with Crippen LogP contribution in [-0.2, 0) is 17.4 Å². The molecule has 0 aliphatic carbocycles. The van der Waals surface area contributed by atoms with E-state index in [0.717, 1.165) is 0 Å². The first-order valence-corrected chi connectivity index (χ1v) is 3.01. The monoisotopic (exact) mass is 196 g/mol. The lowest BCUT2D eigenvalue weighted by Crippen LogP contribution is -2.04.